The van der Waals surface area contributed by atoms with Crippen molar-refractivity contribution < 1.29 is 19.7 Å². The van der Waals surface area contributed by atoms with Crippen LogP contribution < -0.4 is 11.1 Å². The van der Waals surface area contributed by atoms with E-state index in [1.54, 1.807) is 7.05 Å². The van der Waals surface area contributed by atoms with E-state index in [2.05, 4.69) is 16.3 Å². The van der Waals surface area contributed by atoms with Crippen molar-refractivity contribution in [2.75, 3.05) is 7.05 Å². The maximum absolute atomic E-state index is 13.8. The molecule has 0 aromatic rings. The first kappa shape index (κ1) is 25.9. The smallest absolute Gasteiger partial charge is 0.169 e. The van der Waals surface area contributed by atoms with Crippen molar-refractivity contribution in [3.8, 4) is 0 Å². The largest absolute Gasteiger partial charge is 0.387 e. The lowest BCUT2D eigenvalue weighted by atomic mass is 9.62. The molecule has 1 atom stereocenters. The van der Waals surface area contributed by atoms with Crippen LogP contribution >= 0.6 is 0 Å². The second-order valence-corrected chi connectivity index (χ2v) is 11.2. The molecule has 0 heterocycles. The van der Waals surface area contributed by atoms with Gasteiger partial charge < -0.3 is 15.9 Å². The fourth-order valence-corrected chi connectivity index (χ4v) is 5.76. The van der Waals surface area contributed by atoms with E-state index in [1.807, 2.05) is 47.5 Å². The van der Waals surface area contributed by atoms with Crippen molar-refractivity contribution >= 4 is 17.6 Å². The second kappa shape index (κ2) is 9.63. The maximum atomic E-state index is 13.8. The van der Waals surface area contributed by atoms with Gasteiger partial charge in [-0.1, -0.05) is 41.5 Å². The van der Waals surface area contributed by atoms with E-state index in [1.165, 1.54) is 0 Å². The number of rotatable bonds is 6. The monoisotopic (exact) mass is 443 g/mol. The van der Waals surface area contributed by atoms with E-state index in [4.69, 9.17) is 11.1 Å². The normalized spacial score (nSPS) is 24.7. The van der Waals surface area contributed by atoms with Crippen LogP contribution in [-0.4, -0.2) is 24.6 Å². The lowest BCUT2D eigenvalue weighted by Gasteiger charge is -2.41. The van der Waals surface area contributed by atoms with Gasteiger partial charge in [0.1, 0.15) is 5.94 Å². The molecule has 1 saturated carbocycles. The summed E-state index contributed by atoms with van der Waals surface area (Å²) < 4.78 is 0. The molecule has 2 radical (unpaired) electrons. The molecule has 2 aliphatic rings. The molecule has 32 heavy (non-hydrogen) atoms. The third kappa shape index (κ3) is 5.16. The number of carbonyl (C=O) groups excluding carboxylic acids is 2. The average molecular weight is 444 g/mol. The van der Waals surface area contributed by atoms with E-state index in [0.29, 0.717) is 31.4 Å². The number of amidine groups is 1. The van der Waals surface area contributed by atoms with E-state index >= 15 is 0 Å². The van der Waals surface area contributed by atoms with Crippen LogP contribution in [0.5, 0.6) is 0 Å². The van der Waals surface area contributed by atoms with Crippen LogP contribution in [0.1, 0.15) is 67.2 Å². The van der Waals surface area contributed by atoms with Crippen LogP contribution in [0, 0.1) is 46.0 Å². The Morgan fingerprint density at radius 2 is 1.69 bits per heavy atom. The SMILES string of the molecule is CNC1=C(C(=O)C(C(C)(C)C)C(C)(C)C)[C]=C(O[O])C(C2CCC(C(=N)N)CC2)C1=C=O. The summed E-state index contributed by atoms with van der Waals surface area (Å²) in [6, 6.07) is 0. The summed E-state index contributed by atoms with van der Waals surface area (Å²) in [5, 5.41) is 22.4. The highest BCUT2D eigenvalue weighted by Gasteiger charge is 2.45. The Balaban J connectivity index is 2.53. The van der Waals surface area contributed by atoms with Crippen molar-refractivity contribution in [2.45, 2.75) is 67.2 Å². The average Bonchev–Trinajstić information content (AvgIpc) is 2.69. The van der Waals surface area contributed by atoms with Gasteiger partial charge in [-0.2, -0.15) is 0 Å². The van der Waals surface area contributed by atoms with Gasteiger partial charge in [0, 0.05) is 30.2 Å². The van der Waals surface area contributed by atoms with Crippen LogP contribution in [0.4, 0.5) is 0 Å². The Kier molecular flexibility index (Phi) is 7.79. The summed E-state index contributed by atoms with van der Waals surface area (Å²) in [6.07, 6.45) is 5.73. The Labute approximate surface area is 191 Å². The Morgan fingerprint density at radius 1 is 1.16 bits per heavy atom. The summed E-state index contributed by atoms with van der Waals surface area (Å²) >= 11 is 0. The highest BCUT2D eigenvalue weighted by molar-refractivity contribution is 6.02. The number of hydrogen-bond acceptors (Lipinski definition) is 5. The first-order chi connectivity index (χ1) is 14.8. The van der Waals surface area contributed by atoms with Gasteiger partial charge in [0.05, 0.1) is 28.6 Å². The second-order valence-electron chi connectivity index (χ2n) is 11.2. The molecule has 2 rings (SSSR count). The number of nitrogens with two attached hydrogens (primary N) is 1. The molecule has 0 spiro atoms. The van der Waals surface area contributed by atoms with Gasteiger partial charge in [0.25, 0.3) is 0 Å². The van der Waals surface area contributed by atoms with E-state index in [0.717, 1.165) is 0 Å². The van der Waals surface area contributed by atoms with Crippen molar-refractivity contribution in [1.82, 2.24) is 5.32 Å². The summed E-state index contributed by atoms with van der Waals surface area (Å²) in [6.45, 7) is 12.0. The number of ketones is 1. The van der Waals surface area contributed by atoms with E-state index < -0.39 is 5.92 Å². The van der Waals surface area contributed by atoms with Crippen molar-refractivity contribution in [1.29, 1.82) is 5.41 Å². The minimum atomic E-state index is -0.625. The van der Waals surface area contributed by atoms with Crippen molar-refractivity contribution in [2.24, 2.45) is 40.2 Å². The van der Waals surface area contributed by atoms with Gasteiger partial charge in [0.15, 0.2) is 11.5 Å². The third-order valence-corrected chi connectivity index (χ3v) is 6.73. The van der Waals surface area contributed by atoms with Crippen LogP contribution in [-0.2, 0) is 19.7 Å². The lowest BCUT2D eigenvalue weighted by Crippen LogP contribution is -2.41. The summed E-state index contributed by atoms with van der Waals surface area (Å²) in [4.78, 5) is 30.4. The van der Waals surface area contributed by atoms with Crippen LogP contribution in [0.2, 0.25) is 0 Å². The zero-order valence-electron chi connectivity index (χ0n) is 20.3. The molecule has 1 fully saturated rings. The molecule has 0 amide bonds. The predicted octanol–water partition coefficient (Wildman–Crippen LogP) is 3.92. The highest BCUT2D eigenvalue weighted by Crippen LogP contribution is 2.47. The molecule has 0 saturated heterocycles. The first-order valence-electron chi connectivity index (χ1n) is 11.3. The molecular weight excluding hydrogens is 406 g/mol. The Morgan fingerprint density at radius 3 is 2.06 bits per heavy atom. The van der Waals surface area contributed by atoms with E-state index in [-0.39, 0.29) is 57.1 Å². The van der Waals surface area contributed by atoms with Gasteiger partial charge in [-0.15, -0.1) is 0 Å². The van der Waals surface area contributed by atoms with Gasteiger partial charge in [-0.3, -0.25) is 10.2 Å². The Bertz CT molecular complexity index is 845. The number of carbonyl (C=O) groups is 1. The molecule has 7 nitrogen and oxygen atoms in total. The number of allylic oxidation sites excluding steroid dienone is 4. The van der Waals surface area contributed by atoms with Crippen LogP contribution in [0.25, 0.3) is 0 Å². The lowest BCUT2D eigenvalue weighted by molar-refractivity contribution is -0.276. The molecule has 1 unspecified atom stereocenters. The molecule has 0 aromatic carbocycles. The van der Waals surface area contributed by atoms with Crippen LogP contribution in [0.3, 0.4) is 0 Å². The minimum Gasteiger partial charge on any atom is -0.387 e. The number of Topliss-reactive ketones (excluding diaryl/α,β-unsaturated/α-hetero) is 1. The number of hydrogen-bond donors (Lipinski definition) is 3. The molecule has 0 aliphatic heterocycles. The fourth-order valence-electron chi connectivity index (χ4n) is 5.76. The van der Waals surface area contributed by atoms with Gasteiger partial charge >= 0.3 is 0 Å². The number of nitrogens with one attached hydrogen (secondary N) is 2. The minimum absolute atomic E-state index is 0.0128. The van der Waals surface area contributed by atoms with Crippen molar-refractivity contribution in [3.63, 3.8) is 0 Å². The first-order valence-corrected chi connectivity index (χ1v) is 11.3. The molecule has 0 bridgehead atoms. The Hall–Kier alpha value is -2.37. The van der Waals surface area contributed by atoms with Crippen molar-refractivity contribution in [3.05, 3.63) is 28.7 Å². The zero-order valence-corrected chi connectivity index (χ0v) is 20.3. The van der Waals surface area contributed by atoms with Gasteiger partial charge in [-0.05, 0) is 42.4 Å². The molecule has 2 aliphatic carbocycles. The van der Waals surface area contributed by atoms with Crippen LogP contribution in [0.15, 0.2) is 22.6 Å². The van der Waals surface area contributed by atoms with Gasteiger partial charge in [-0.25, -0.2) is 4.79 Å². The standard InChI is InChI=1S/C25H37N3O4/c1-24(2,3)22(25(4,5)6)21(30)16-12-18(32-31)19(17(13-29)20(16)28-7)14-8-10-15(11-9-14)23(26)27/h14-15,19,22,28H,8-11H2,1-7H3,(H3,26,27). The maximum Gasteiger partial charge on any atom is 0.169 e. The topological polar surface area (TPSA) is 125 Å². The highest BCUT2D eigenvalue weighted by atomic mass is 17.1. The summed E-state index contributed by atoms with van der Waals surface area (Å²) in [5.41, 5.74) is 5.72. The number of likely N-dealkylation sites (N-methyl/N-ethyl adjacent to an activating group) is 1. The molecule has 4 N–H and O–H groups in total. The molecule has 176 valence electrons. The summed E-state index contributed by atoms with van der Waals surface area (Å²) in [5.74, 6) is 0.884. The summed E-state index contributed by atoms with van der Waals surface area (Å²) in [7, 11) is 1.65. The predicted molar refractivity (Wildman–Crippen MR) is 122 cm³/mol. The molecule has 0 aromatic heterocycles. The fraction of sp³-hybridized carbons (Fsp3) is 0.680. The zero-order chi connectivity index (χ0) is 24.4. The van der Waals surface area contributed by atoms with E-state index in [9.17, 15) is 14.8 Å². The van der Waals surface area contributed by atoms with Gasteiger partial charge in [0.2, 0.25) is 0 Å². The quantitative estimate of drug-likeness (QED) is 0.189. The third-order valence-electron chi connectivity index (χ3n) is 6.73. The molecule has 7 heteroatoms. The molecular formula is C25H37N3O4.